The summed E-state index contributed by atoms with van der Waals surface area (Å²) in [6.45, 7) is 1.09. The average Bonchev–Trinajstić information content (AvgIpc) is 2.65. The average molecular weight is 298 g/mol. The van der Waals surface area contributed by atoms with Crippen molar-refractivity contribution in [2.75, 3.05) is 19.7 Å². The number of hydrogen-bond donors (Lipinski definition) is 3. The van der Waals surface area contributed by atoms with Gasteiger partial charge in [-0.15, -0.1) is 0 Å². The third kappa shape index (κ3) is 4.09. The largest absolute Gasteiger partial charge is 0.481 e. The Bertz CT molecular complexity index is 382. The maximum Gasteiger partial charge on any atom is 0.317 e. The van der Waals surface area contributed by atoms with Crippen LogP contribution in [0.3, 0.4) is 0 Å². The number of amides is 2. The van der Waals surface area contributed by atoms with Crippen molar-refractivity contribution in [2.45, 2.75) is 57.4 Å². The van der Waals surface area contributed by atoms with Gasteiger partial charge in [0, 0.05) is 13.1 Å². The van der Waals surface area contributed by atoms with Crippen LogP contribution in [0.2, 0.25) is 0 Å². The molecular formula is C15H26N2O4. The van der Waals surface area contributed by atoms with Crippen LogP contribution in [0.1, 0.15) is 51.4 Å². The summed E-state index contributed by atoms with van der Waals surface area (Å²) in [5.74, 6) is -0.799. The van der Waals surface area contributed by atoms with Gasteiger partial charge in [-0.05, 0) is 31.1 Å². The molecule has 1 atom stereocenters. The molecule has 120 valence electrons. The Morgan fingerprint density at radius 2 is 1.95 bits per heavy atom. The molecule has 0 spiro atoms. The highest BCUT2D eigenvalue weighted by Gasteiger charge is 2.39. The van der Waals surface area contributed by atoms with E-state index in [1.807, 2.05) is 0 Å². The first-order valence-electron chi connectivity index (χ1n) is 7.93. The third-order valence-electron chi connectivity index (χ3n) is 4.90. The summed E-state index contributed by atoms with van der Waals surface area (Å²) in [7, 11) is 0. The van der Waals surface area contributed by atoms with Crippen molar-refractivity contribution in [3.8, 4) is 0 Å². The smallest absolute Gasteiger partial charge is 0.317 e. The van der Waals surface area contributed by atoms with Gasteiger partial charge < -0.3 is 20.4 Å². The Hall–Kier alpha value is -1.30. The number of urea groups is 1. The second-order valence-corrected chi connectivity index (χ2v) is 6.46. The Morgan fingerprint density at radius 3 is 2.52 bits per heavy atom. The van der Waals surface area contributed by atoms with Crippen LogP contribution in [0.4, 0.5) is 4.79 Å². The van der Waals surface area contributed by atoms with E-state index in [0.717, 1.165) is 44.9 Å². The van der Waals surface area contributed by atoms with Crippen LogP contribution in [0.25, 0.3) is 0 Å². The van der Waals surface area contributed by atoms with E-state index in [-0.39, 0.29) is 30.5 Å². The summed E-state index contributed by atoms with van der Waals surface area (Å²) in [6, 6.07) is -0.267. The van der Waals surface area contributed by atoms with Gasteiger partial charge in [0.05, 0.1) is 19.1 Å². The van der Waals surface area contributed by atoms with Crippen molar-refractivity contribution in [1.82, 2.24) is 10.2 Å². The van der Waals surface area contributed by atoms with Crippen LogP contribution in [0.15, 0.2) is 0 Å². The number of nitrogens with zero attached hydrogens (tertiary/aromatic N) is 1. The molecule has 3 N–H and O–H groups in total. The molecule has 2 fully saturated rings. The predicted molar refractivity (Wildman–Crippen MR) is 78.0 cm³/mol. The minimum absolute atomic E-state index is 0.00626. The van der Waals surface area contributed by atoms with Gasteiger partial charge in [0.15, 0.2) is 0 Å². The van der Waals surface area contributed by atoms with E-state index in [0.29, 0.717) is 13.1 Å². The third-order valence-corrected chi connectivity index (χ3v) is 4.90. The number of aliphatic hydroxyl groups is 1. The van der Waals surface area contributed by atoms with Gasteiger partial charge >= 0.3 is 12.0 Å². The lowest BCUT2D eigenvalue weighted by Crippen LogP contribution is -2.51. The second kappa shape index (κ2) is 7.11. The highest BCUT2D eigenvalue weighted by atomic mass is 16.4. The minimum atomic E-state index is -0.799. The number of likely N-dealkylation sites (tertiary alicyclic amines) is 1. The molecule has 2 rings (SSSR count). The van der Waals surface area contributed by atoms with E-state index < -0.39 is 5.97 Å². The zero-order chi connectivity index (χ0) is 15.3. The lowest BCUT2D eigenvalue weighted by Gasteiger charge is -2.41. The van der Waals surface area contributed by atoms with Crippen molar-refractivity contribution in [3.05, 3.63) is 0 Å². The normalized spacial score (nSPS) is 24.8. The molecule has 21 heavy (non-hydrogen) atoms. The molecule has 1 aliphatic heterocycles. The highest BCUT2D eigenvalue weighted by Crippen LogP contribution is 2.43. The molecule has 1 saturated heterocycles. The number of carbonyl (C=O) groups is 2. The molecule has 2 aliphatic rings. The van der Waals surface area contributed by atoms with Crippen LogP contribution in [-0.4, -0.2) is 52.9 Å². The van der Waals surface area contributed by atoms with Crippen LogP contribution < -0.4 is 5.32 Å². The Kier molecular flexibility index (Phi) is 5.45. The van der Waals surface area contributed by atoms with Gasteiger partial charge in [0.25, 0.3) is 0 Å². The molecule has 6 heteroatoms. The fourth-order valence-electron chi connectivity index (χ4n) is 3.41. The van der Waals surface area contributed by atoms with E-state index in [2.05, 4.69) is 5.32 Å². The molecular weight excluding hydrogens is 272 g/mol. The number of hydrogen-bond acceptors (Lipinski definition) is 3. The van der Waals surface area contributed by atoms with Crippen molar-refractivity contribution in [1.29, 1.82) is 0 Å². The van der Waals surface area contributed by atoms with Gasteiger partial charge in [-0.3, -0.25) is 4.79 Å². The van der Waals surface area contributed by atoms with Crippen LogP contribution in [-0.2, 0) is 4.79 Å². The second-order valence-electron chi connectivity index (χ2n) is 6.46. The van der Waals surface area contributed by atoms with E-state index in [9.17, 15) is 14.7 Å². The van der Waals surface area contributed by atoms with Gasteiger partial charge in [-0.1, -0.05) is 19.3 Å². The molecule has 1 unspecified atom stereocenters. The number of aliphatic carboxylic acids is 1. The predicted octanol–water partition coefficient (Wildman–Crippen LogP) is 1.58. The first kappa shape index (κ1) is 16.1. The molecule has 0 radical (unpaired) electrons. The molecule has 0 aromatic rings. The molecule has 1 heterocycles. The molecule has 1 saturated carbocycles. The summed E-state index contributed by atoms with van der Waals surface area (Å²) in [5, 5.41) is 21.3. The van der Waals surface area contributed by atoms with Crippen molar-refractivity contribution >= 4 is 12.0 Å². The maximum atomic E-state index is 12.3. The van der Waals surface area contributed by atoms with E-state index >= 15 is 0 Å². The van der Waals surface area contributed by atoms with Crippen LogP contribution >= 0.6 is 0 Å². The van der Waals surface area contributed by atoms with E-state index in [1.54, 1.807) is 4.90 Å². The first-order valence-corrected chi connectivity index (χ1v) is 7.93. The van der Waals surface area contributed by atoms with Gasteiger partial charge in [0.1, 0.15) is 0 Å². The topological polar surface area (TPSA) is 89.9 Å². The van der Waals surface area contributed by atoms with Gasteiger partial charge in [-0.2, -0.15) is 0 Å². The monoisotopic (exact) mass is 298 g/mol. The summed E-state index contributed by atoms with van der Waals surface area (Å²) in [6.07, 6.45) is 6.81. The standard InChI is InChI=1S/C15H26N2O4/c18-10-12-5-2-1-3-8-17(12)14(21)16-11-15(6-4-7-15)9-13(19)20/h12,18H,1-11H2,(H,16,21)(H,19,20). The number of rotatable bonds is 5. The number of aliphatic hydroxyl groups excluding tert-OH is 1. The van der Waals surface area contributed by atoms with Crippen molar-refractivity contribution < 1.29 is 19.8 Å². The lowest BCUT2D eigenvalue weighted by atomic mass is 9.66. The Balaban J connectivity index is 1.89. The maximum absolute atomic E-state index is 12.3. The fraction of sp³-hybridized carbons (Fsp3) is 0.867. The molecule has 2 amide bonds. The summed E-state index contributed by atoms with van der Waals surface area (Å²) < 4.78 is 0. The number of carbonyl (C=O) groups excluding carboxylic acids is 1. The summed E-state index contributed by atoms with van der Waals surface area (Å²) >= 11 is 0. The zero-order valence-electron chi connectivity index (χ0n) is 12.5. The fourth-order valence-corrected chi connectivity index (χ4v) is 3.41. The number of carboxylic acids is 1. The number of nitrogens with one attached hydrogen (secondary N) is 1. The van der Waals surface area contributed by atoms with E-state index in [4.69, 9.17) is 5.11 Å². The number of carboxylic acid groups (broad SMARTS) is 1. The van der Waals surface area contributed by atoms with Crippen LogP contribution in [0, 0.1) is 5.41 Å². The Labute approximate surface area is 125 Å². The molecule has 1 aliphatic carbocycles. The Morgan fingerprint density at radius 1 is 1.19 bits per heavy atom. The van der Waals surface area contributed by atoms with E-state index in [1.165, 1.54) is 0 Å². The molecule has 0 aromatic carbocycles. The van der Waals surface area contributed by atoms with Crippen LogP contribution in [0.5, 0.6) is 0 Å². The first-order chi connectivity index (χ1) is 10.1. The SMILES string of the molecule is O=C(O)CC1(CNC(=O)N2CCCCCC2CO)CCC1. The highest BCUT2D eigenvalue weighted by molar-refractivity contribution is 5.75. The molecule has 0 bridgehead atoms. The van der Waals surface area contributed by atoms with Crippen molar-refractivity contribution in [2.24, 2.45) is 5.41 Å². The molecule has 6 nitrogen and oxygen atoms in total. The van der Waals surface area contributed by atoms with Gasteiger partial charge in [0.2, 0.25) is 0 Å². The summed E-state index contributed by atoms with van der Waals surface area (Å²) in [5.41, 5.74) is -0.262. The molecule has 0 aromatic heterocycles. The minimum Gasteiger partial charge on any atom is -0.481 e. The summed E-state index contributed by atoms with van der Waals surface area (Å²) in [4.78, 5) is 25.0. The quantitative estimate of drug-likeness (QED) is 0.719. The zero-order valence-corrected chi connectivity index (χ0v) is 12.5. The van der Waals surface area contributed by atoms with Crippen molar-refractivity contribution in [3.63, 3.8) is 0 Å². The lowest BCUT2D eigenvalue weighted by molar-refractivity contribution is -0.141. The van der Waals surface area contributed by atoms with Gasteiger partial charge in [-0.25, -0.2) is 4.79 Å².